The van der Waals surface area contributed by atoms with Crippen molar-refractivity contribution in [2.75, 3.05) is 26.2 Å². The number of carbonyl (C=O) groups is 2. The number of piperidine rings is 1. The highest BCUT2D eigenvalue weighted by molar-refractivity contribution is 5.83. The number of hydrogen-bond acceptors (Lipinski definition) is 3. The number of amides is 2. The van der Waals surface area contributed by atoms with E-state index >= 15 is 0 Å². The molecule has 3 atom stereocenters. The van der Waals surface area contributed by atoms with E-state index in [9.17, 15) is 14.7 Å². The van der Waals surface area contributed by atoms with Crippen LogP contribution in [0, 0.1) is 11.8 Å². The van der Waals surface area contributed by atoms with Crippen molar-refractivity contribution in [3.8, 4) is 0 Å². The van der Waals surface area contributed by atoms with Crippen molar-refractivity contribution in [2.24, 2.45) is 11.8 Å². The molecule has 0 aromatic carbocycles. The van der Waals surface area contributed by atoms with Crippen LogP contribution in [0.15, 0.2) is 0 Å². The minimum Gasteiger partial charge on any atom is -0.480 e. The first-order chi connectivity index (χ1) is 9.56. The summed E-state index contributed by atoms with van der Waals surface area (Å²) in [6, 6.07) is -0.878. The van der Waals surface area contributed by atoms with E-state index in [2.05, 4.69) is 6.92 Å². The van der Waals surface area contributed by atoms with E-state index in [4.69, 9.17) is 5.11 Å². The van der Waals surface area contributed by atoms with Crippen LogP contribution in [0.3, 0.4) is 0 Å². The first-order valence-corrected chi connectivity index (χ1v) is 7.46. The number of carbonyl (C=O) groups excluding carboxylic acids is 1. The summed E-state index contributed by atoms with van der Waals surface area (Å²) < 4.78 is 0. The molecular weight excluding hydrogens is 260 g/mol. The lowest BCUT2D eigenvalue weighted by Gasteiger charge is -2.38. The predicted molar refractivity (Wildman–Crippen MR) is 73.3 cm³/mol. The smallest absolute Gasteiger partial charge is 0.326 e. The van der Waals surface area contributed by atoms with Gasteiger partial charge < -0.3 is 20.0 Å². The Morgan fingerprint density at radius 1 is 1.20 bits per heavy atom. The van der Waals surface area contributed by atoms with Gasteiger partial charge in [-0.25, -0.2) is 9.59 Å². The van der Waals surface area contributed by atoms with E-state index in [1.165, 1.54) is 4.90 Å². The Labute approximate surface area is 119 Å². The van der Waals surface area contributed by atoms with Crippen LogP contribution in [0.2, 0.25) is 0 Å². The maximum atomic E-state index is 12.5. The summed E-state index contributed by atoms with van der Waals surface area (Å²) in [6.45, 7) is 3.82. The minimum absolute atomic E-state index is 0.0873. The van der Waals surface area contributed by atoms with Gasteiger partial charge in [-0.15, -0.1) is 0 Å². The molecule has 20 heavy (non-hydrogen) atoms. The Balaban J connectivity index is 2.02. The summed E-state index contributed by atoms with van der Waals surface area (Å²) in [5.74, 6) is -0.381. The van der Waals surface area contributed by atoms with Crippen molar-refractivity contribution in [1.29, 1.82) is 0 Å². The normalized spacial score (nSPS) is 30.6. The molecule has 0 radical (unpaired) electrons. The zero-order valence-electron chi connectivity index (χ0n) is 12.0. The molecule has 0 saturated carbocycles. The summed E-state index contributed by atoms with van der Waals surface area (Å²) in [5.41, 5.74) is 0. The van der Waals surface area contributed by atoms with Gasteiger partial charge in [0.05, 0.1) is 0 Å². The maximum absolute atomic E-state index is 12.5. The Bertz CT molecular complexity index is 374. The topological polar surface area (TPSA) is 81.1 Å². The number of urea groups is 1. The fourth-order valence-electron chi connectivity index (χ4n) is 3.21. The van der Waals surface area contributed by atoms with Crippen LogP contribution in [0.4, 0.5) is 4.79 Å². The van der Waals surface area contributed by atoms with Crippen LogP contribution in [0.25, 0.3) is 0 Å². The van der Waals surface area contributed by atoms with Crippen LogP contribution in [0.5, 0.6) is 0 Å². The van der Waals surface area contributed by atoms with Gasteiger partial charge in [0.25, 0.3) is 0 Å². The number of aliphatic hydroxyl groups is 1. The average Bonchev–Trinajstić information content (AvgIpc) is 2.94. The lowest BCUT2D eigenvalue weighted by atomic mass is 9.89. The molecule has 2 amide bonds. The zero-order chi connectivity index (χ0) is 14.7. The van der Waals surface area contributed by atoms with Gasteiger partial charge in [-0.2, -0.15) is 0 Å². The van der Waals surface area contributed by atoms with Gasteiger partial charge in [-0.1, -0.05) is 13.3 Å². The van der Waals surface area contributed by atoms with Crippen LogP contribution >= 0.6 is 0 Å². The van der Waals surface area contributed by atoms with E-state index in [1.807, 2.05) is 0 Å². The molecule has 0 aliphatic carbocycles. The van der Waals surface area contributed by atoms with Crippen molar-refractivity contribution in [1.82, 2.24) is 9.80 Å². The molecule has 2 N–H and O–H groups in total. The highest BCUT2D eigenvalue weighted by Gasteiger charge is 2.39. The SMILES string of the molecule is CCC1CCN(C(=O)N2CCC(CO)C2)C(C(=O)O)C1. The summed E-state index contributed by atoms with van der Waals surface area (Å²) in [6.07, 6.45) is 3.19. The number of carboxylic acids is 1. The number of carboxylic acid groups (broad SMARTS) is 1. The van der Waals surface area contributed by atoms with Crippen LogP contribution in [0.1, 0.15) is 32.6 Å². The van der Waals surface area contributed by atoms with Gasteiger partial charge in [0, 0.05) is 32.2 Å². The van der Waals surface area contributed by atoms with E-state index in [-0.39, 0.29) is 18.6 Å². The van der Waals surface area contributed by atoms with E-state index in [0.717, 1.165) is 19.3 Å². The Kier molecular flexibility index (Phi) is 4.86. The molecule has 0 bridgehead atoms. The first kappa shape index (κ1) is 15.1. The molecule has 0 aromatic rings. The van der Waals surface area contributed by atoms with Gasteiger partial charge in [0.15, 0.2) is 0 Å². The third kappa shape index (κ3) is 3.06. The quantitative estimate of drug-likeness (QED) is 0.810. The van der Waals surface area contributed by atoms with Crippen LogP contribution in [-0.4, -0.2) is 64.3 Å². The second-order valence-electron chi connectivity index (χ2n) is 5.91. The van der Waals surface area contributed by atoms with Gasteiger partial charge in [-0.05, 0) is 25.2 Å². The summed E-state index contributed by atoms with van der Waals surface area (Å²) in [4.78, 5) is 27.1. The monoisotopic (exact) mass is 284 g/mol. The largest absolute Gasteiger partial charge is 0.480 e. The van der Waals surface area contributed by atoms with E-state index in [1.54, 1.807) is 4.90 Å². The van der Waals surface area contributed by atoms with Crippen LogP contribution in [-0.2, 0) is 4.79 Å². The van der Waals surface area contributed by atoms with Crippen molar-refractivity contribution in [3.63, 3.8) is 0 Å². The number of likely N-dealkylation sites (tertiary alicyclic amines) is 2. The molecule has 2 aliphatic rings. The molecule has 2 fully saturated rings. The lowest BCUT2D eigenvalue weighted by molar-refractivity contribution is -0.144. The van der Waals surface area contributed by atoms with Crippen molar-refractivity contribution >= 4 is 12.0 Å². The fraction of sp³-hybridized carbons (Fsp3) is 0.857. The Hall–Kier alpha value is -1.30. The third-order valence-electron chi connectivity index (χ3n) is 4.63. The Morgan fingerprint density at radius 2 is 1.90 bits per heavy atom. The molecule has 2 heterocycles. The summed E-state index contributed by atoms with van der Waals surface area (Å²) >= 11 is 0. The van der Waals surface area contributed by atoms with Crippen LogP contribution < -0.4 is 0 Å². The zero-order valence-corrected chi connectivity index (χ0v) is 12.0. The standard InChI is InChI=1S/C14H24N2O4/c1-2-10-4-6-16(12(7-10)13(18)19)14(20)15-5-3-11(8-15)9-17/h10-12,17H,2-9H2,1H3,(H,18,19). The molecule has 6 nitrogen and oxygen atoms in total. The molecule has 2 saturated heterocycles. The minimum atomic E-state index is -0.908. The number of rotatable bonds is 3. The molecule has 3 unspecified atom stereocenters. The second kappa shape index (κ2) is 6.43. The maximum Gasteiger partial charge on any atom is 0.326 e. The van der Waals surface area contributed by atoms with E-state index < -0.39 is 12.0 Å². The number of nitrogens with zero attached hydrogens (tertiary/aromatic N) is 2. The molecule has 0 aromatic heterocycles. The third-order valence-corrected chi connectivity index (χ3v) is 4.63. The van der Waals surface area contributed by atoms with Gasteiger partial charge in [0.1, 0.15) is 6.04 Å². The summed E-state index contributed by atoms with van der Waals surface area (Å²) in [7, 11) is 0. The Morgan fingerprint density at radius 3 is 2.45 bits per heavy atom. The number of aliphatic carboxylic acids is 1. The van der Waals surface area contributed by atoms with Gasteiger partial charge in [-0.3, -0.25) is 0 Å². The van der Waals surface area contributed by atoms with Crippen molar-refractivity contribution in [2.45, 2.75) is 38.6 Å². The predicted octanol–water partition coefficient (Wildman–Crippen LogP) is 0.996. The number of aliphatic hydroxyl groups excluding tert-OH is 1. The first-order valence-electron chi connectivity index (χ1n) is 7.46. The number of hydrogen-bond donors (Lipinski definition) is 2. The summed E-state index contributed by atoms with van der Waals surface area (Å²) in [5, 5.41) is 18.5. The van der Waals surface area contributed by atoms with Crippen molar-refractivity contribution in [3.05, 3.63) is 0 Å². The molecule has 6 heteroatoms. The average molecular weight is 284 g/mol. The highest BCUT2D eigenvalue weighted by Crippen LogP contribution is 2.27. The van der Waals surface area contributed by atoms with E-state index in [0.29, 0.717) is 32.0 Å². The molecule has 2 aliphatic heterocycles. The van der Waals surface area contributed by atoms with Gasteiger partial charge in [0.2, 0.25) is 0 Å². The molecule has 0 spiro atoms. The van der Waals surface area contributed by atoms with Crippen molar-refractivity contribution < 1.29 is 19.8 Å². The molecule has 2 rings (SSSR count). The second-order valence-corrected chi connectivity index (χ2v) is 5.91. The lowest BCUT2D eigenvalue weighted by Crippen LogP contribution is -2.54. The van der Waals surface area contributed by atoms with Gasteiger partial charge >= 0.3 is 12.0 Å². The highest BCUT2D eigenvalue weighted by atomic mass is 16.4. The fourth-order valence-corrected chi connectivity index (χ4v) is 3.21. The molecular formula is C14H24N2O4. The molecule has 114 valence electrons.